The van der Waals surface area contributed by atoms with Gasteiger partial charge in [0.25, 0.3) is 0 Å². The highest BCUT2D eigenvalue weighted by molar-refractivity contribution is 5.76. The number of amides is 1. The summed E-state index contributed by atoms with van der Waals surface area (Å²) < 4.78 is 11.2. The minimum Gasteiger partial charge on any atom is -0.394 e. The molecule has 0 radical (unpaired) electrons. The van der Waals surface area contributed by atoms with Crippen LogP contribution in [0, 0.1) is 0 Å². The molecule has 1 amide bonds. The van der Waals surface area contributed by atoms with Crippen LogP contribution in [0.15, 0.2) is 12.2 Å². The first-order chi connectivity index (χ1) is 29.8. The summed E-state index contributed by atoms with van der Waals surface area (Å²) in [6, 6.07) is -0.797. The van der Waals surface area contributed by atoms with E-state index in [-0.39, 0.29) is 12.5 Å². The number of carbonyl (C=O) groups excluding carboxylic acids is 1. The lowest BCUT2D eigenvalue weighted by molar-refractivity contribution is -0.302. The third kappa shape index (κ3) is 33.1. The molecule has 0 saturated carbocycles. The number of allylic oxidation sites excluding steroid dienone is 1. The van der Waals surface area contributed by atoms with E-state index in [9.17, 15) is 30.3 Å². The summed E-state index contributed by atoms with van der Waals surface area (Å²) >= 11 is 0. The fourth-order valence-electron chi connectivity index (χ4n) is 8.63. The Morgan fingerprint density at radius 1 is 0.541 bits per heavy atom. The predicted molar refractivity (Wildman–Crippen MR) is 254 cm³/mol. The lowest BCUT2D eigenvalue weighted by Gasteiger charge is -2.40. The molecule has 0 aliphatic carbocycles. The van der Waals surface area contributed by atoms with E-state index in [1.54, 1.807) is 6.08 Å². The molecule has 1 rings (SSSR count). The van der Waals surface area contributed by atoms with E-state index in [4.69, 9.17) is 9.47 Å². The summed E-state index contributed by atoms with van der Waals surface area (Å²) in [6.07, 6.45) is 44.4. The summed E-state index contributed by atoms with van der Waals surface area (Å²) in [7, 11) is 0. The predicted octanol–water partition coefficient (Wildman–Crippen LogP) is 12.1. The Bertz CT molecular complexity index is 966. The number of aliphatic hydroxyl groups is 5. The van der Waals surface area contributed by atoms with Gasteiger partial charge < -0.3 is 40.3 Å². The average Bonchev–Trinajstić information content (AvgIpc) is 3.26. The van der Waals surface area contributed by atoms with Crippen LogP contribution in [0.3, 0.4) is 0 Å². The van der Waals surface area contributed by atoms with E-state index in [0.29, 0.717) is 6.42 Å². The van der Waals surface area contributed by atoms with Crippen molar-refractivity contribution >= 4 is 5.91 Å². The molecule has 362 valence electrons. The number of hydrogen-bond donors (Lipinski definition) is 6. The molecule has 0 aromatic heterocycles. The summed E-state index contributed by atoms with van der Waals surface area (Å²) in [6.45, 7) is 3.76. The Balaban J connectivity index is 2.10. The van der Waals surface area contributed by atoms with Gasteiger partial charge >= 0.3 is 0 Å². The van der Waals surface area contributed by atoms with Gasteiger partial charge in [0.1, 0.15) is 24.4 Å². The first-order valence-corrected chi connectivity index (χ1v) is 26.4. The molecule has 0 spiro atoms. The summed E-state index contributed by atoms with van der Waals surface area (Å²) in [5.41, 5.74) is 0. The topological polar surface area (TPSA) is 149 Å². The van der Waals surface area contributed by atoms with Crippen molar-refractivity contribution < 1.29 is 39.8 Å². The Kier molecular flexibility index (Phi) is 40.7. The number of nitrogens with one attached hydrogen (secondary N) is 1. The summed E-state index contributed by atoms with van der Waals surface area (Å²) in [5, 5.41) is 54.1. The SMILES string of the molecule is CCCCCCCCC/C=C/[C@@H](O)[C@H](CO[C@@H]1O[C@H](CO)[C@@H](O)C(O)C1O)NC(=O)CCCCCCCCCCCCCCCCCCCCCCCCCCCCCCC. The molecule has 6 N–H and O–H groups in total. The van der Waals surface area contributed by atoms with Crippen molar-refractivity contribution in [3.05, 3.63) is 12.2 Å². The normalized spacial score (nSPS) is 20.4. The van der Waals surface area contributed by atoms with E-state index in [0.717, 1.165) is 38.5 Å². The largest absolute Gasteiger partial charge is 0.394 e. The molecule has 1 heterocycles. The van der Waals surface area contributed by atoms with Crippen LogP contribution in [0.1, 0.15) is 258 Å². The number of rotatable bonds is 45. The van der Waals surface area contributed by atoms with Crippen LogP contribution in [-0.4, -0.2) is 87.5 Å². The highest BCUT2D eigenvalue weighted by Gasteiger charge is 2.44. The molecular weight excluding hydrogens is 767 g/mol. The van der Waals surface area contributed by atoms with Gasteiger partial charge in [-0.1, -0.05) is 244 Å². The Hall–Kier alpha value is -1.07. The van der Waals surface area contributed by atoms with Gasteiger partial charge in [0.15, 0.2) is 6.29 Å². The van der Waals surface area contributed by atoms with Crippen molar-refractivity contribution in [1.82, 2.24) is 5.32 Å². The maximum Gasteiger partial charge on any atom is 0.220 e. The highest BCUT2D eigenvalue weighted by Crippen LogP contribution is 2.23. The van der Waals surface area contributed by atoms with E-state index < -0.39 is 49.5 Å². The monoisotopic (exact) mass is 868 g/mol. The fourth-order valence-corrected chi connectivity index (χ4v) is 8.63. The fraction of sp³-hybridized carbons (Fsp3) is 0.942. The molecule has 1 saturated heterocycles. The molecule has 7 atom stereocenters. The van der Waals surface area contributed by atoms with Crippen molar-refractivity contribution in [2.75, 3.05) is 13.2 Å². The zero-order valence-electron chi connectivity index (χ0n) is 39.9. The molecule has 0 aromatic carbocycles. The second kappa shape index (κ2) is 42.9. The van der Waals surface area contributed by atoms with E-state index >= 15 is 0 Å². The van der Waals surface area contributed by atoms with Crippen LogP contribution < -0.4 is 5.32 Å². The standard InChI is InChI=1S/C52H101NO8/c1-3-5-7-9-11-13-14-15-16-17-18-19-20-21-22-23-24-25-26-27-28-29-30-31-32-34-36-38-40-42-48(56)53-45(46(55)41-39-37-35-33-12-10-8-6-4-2)44-60-52-51(59)50(58)49(57)47(43-54)61-52/h39,41,45-47,49-52,54-55,57-59H,3-38,40,42-44H2,1-2H3,(H,53,56)/b41-39+/t45-,46+,47+,49+,50?,51?,52+/m0/s1. The van der Waals surface area contributed by atoms with Crippen LogP contribution in [-0.2, 0) is 14.3 Å². The molecule has 9 heteroatoms. The summed E-state index contributed by atoms with van der Waals surface area (Å²) in [4.78, 5) is 13.0. The summed E-state index contributed by atoms with van der Waals surface area (Å²) in [5.74, 6) is -0.174. The van der Waals surface area contributed by atoms with Crippen molar-refractivity contribution in [2.45, 2.75) is 301 Å². The number of carbonyl (C=O) groups is 1. The second-order valence-corrected chi connectivity index (χ2v) is 18.7. The molecule has 1 aliphatic heterocycles. The first kappa shape index (κ1) is 57.9. The maximum absolute atomic E-state index is 13.0. The van der Waals surface area contributed by atoms with Crippen molar-refractivity contribution in [3.8, 4) is 0 Å². The molecule has 2 unspecified atom stereocenters. The van der Waals surface area contributed by atoms with Crippen LogP contribution in [0.25, 0.3) is 0 Å². The molecular formula is C52H101NO8. The minimum atomic E-state index is -1.56. The van der Waals surface area contributed by atoms with Gasteiger partial charge in [-0.05, 0) is 19.3 Å². The second-order valence-electron chi connectivity index (χ2n) is 18.7. The molecule has 1 aliphatic rings. The quantitative estimate of drug-likeness (QED) is 0.0262. The van der Waals surface area contributed by atoms with Crippen molar-refractivity contribution in [1.29, 1.82) is 0 Å². The van der Waals surface area contributed by atoms with Gasteiger partial charge in [0, 0.05) is 6.42 Å². The van der Waals surface area contributed by atoms with E-state index in [1.807, 2.05) is 6.08 Å². The molecule has 0 aromatic rings. The first-order valence-electron chi connectivity index (χ1n) is 26.4. The lowest BCUT2D eigenvalue weighted by atomic mass is 9.99. The third-order valence-corrected chi connectivity index (χ3v) is 12.9. The van der Waals surface area contributed by atoms with Gasteiger partial charge in [0.2, 0.25) is 5.91 Å². The van der Waals surface area contributed by atoms with Crippen molar-refractivity contribution in [2.24, 2.45) is 0 Å². The number of aliphatic hydroxyl groups excluding tert-OH is 5. The Morgan fingerprint density at radius 3 is 1.28 bits per heavy atom. The van der Waals surface area contributed by atoms with Gasteiger partial charge in [-0.25, -0.2) is 0 Å². The van der Waals surface area contributed by atoms with Crippen LogP contribution in [0.4, 0.5) is 0 Å². The van der Waals surface area contributed by atoms with Gasteiger partial charge in [-0.3, -0.25) is 4.79 Å². The zero-order chi connectivity index (χ0) is 44.4. The Labute approximate surface area is 376 Å². The maximum atomic E-state index is 13.0. The average molecular weight is 868 g/mol. The van der Waals surface area contributed by atoms with Crippen molar-refractivity contribution in [3.63, 3.8) is 0 Å². The van der Waals surface area contributed by atoms with Crippen LogP contribution in [0.2, 0.25) is 0 Å². The van der Waals surface area contributed by atoms with E-state index in [2.05, 4.69) is 19.2 Å². The van der Waals surface area contributed by atoms with Gasteiger partial charge in [-0.2, -0.15) is 0 Å². The molecule has 61 heavy (non-hydrogen) atoms. The number of unbranched alkanes of at least 4 members (excludes halogenated alkanes) is 35. The minimum absolute atomic E-state index is 0.174. The zero-order valence-corrected chi connectivity index (χ0v) is 39.9. The van der Waals surface area contributed by atoms with E-state index in [1.165, 1.54) is 199 Å². The van der Waals surface area contributed by atoms with Crippen LogP contribution in [0.5, 0.6) is 0 Å². The third-order valence-electron chi connectivity index (χ3n) is 12.9. The van der Waals surface area contributed by atoms with Gasteiger partial charge in [0.05, 0.1) is 25.4 Å². The Morgan fingerprint density at radius 2 is 0.902 bits per heavy atom. The lowest BCUT2D eigenvalue weighted by Crippen LogP contribution is -2.60. The molecule has 1 fully saturated rings. The smallest absolute Gasteiger partial charge is 0.220 e. The van der Waals surface area contributed by atoms with Gasteiger partial charge in [-0.15, -0.1) is 0 Å². The molecule has 0 bridgehead atoms. The number of hydrogen-bond acceptors (Lipinski definition) is 8. The molecule has 9 nitrogen and oxygen atoms in total. The highest BCUT2D eigenvalue weighted by atomic mass is 16.7. The number of ether oxygens (including phenoxy) is 2. The van der Waals surface area contributed by atoms with Crippen LogP contribution >= 0.6 is 0 Å².